The second-order valence-electron chi connectivity index (χ2n) is 3.89. The van der Waals surface area contributed by atoms with Gasteiger partial charge >= 0.3 is 0 Å². The van der Waals surface area contributed by atoms with Gasteiger partial charge < -0.3 is 10.6 Å². The summed E-state index contributed by atoms with van der Waals surface area (Å²) in [7, 11) is 0. The molecule has 0 heterocycles. The SMILES string of the molecule is CCCC(C)NC(=S)Nc1cccc(Cl)c1Cl. The van der Waals surface area contributed by atoms with Crippen LogP contribution >= 0.6 is 35.4 Å². The number of hydrogen-bond acceptors (Lipinski definition) is 1. The lowest BCUT2D eigenvalue weighted by Gasteiger charge is -2.17. The third kappa shape index (κ3) is 4.70. The van der Waals surface area contributed by atoms with Crippen LogP contribution in [0.1, 0.15) is 26.7 Å². The Morgan fingerprint density at radius 3 is 2.76 bits per heavy atom. The quantitative estimate of drug-likeness (QED) is 0.800. The van der Waals surface area contributed by atoms with Gasteiger partial charge in [-0.2, -0.15) is 0 Å². The fraction of sp³-hybridized carbons (Fsp3) is 0.417. The molecule has 1 atom stereocenters. The van der Waals surface area contributed by atoms with Gasteiger partial charge in [-0.3, -0.25) is 0 Å². The molecule has 5 heteroatoms. The van der Waals surface area contributed by atoms with Crippen LogP contribution in [0.15, 0.2) is 18.2 Å². The minimum Gasteiger partial charge on any atom is -0.360 e. The van der Waals surface area contributed by atoms with Crippen molar-refractivity contribution in [1.29, 1.82) is 0 Å². The Hall–Kier alpha value is -0.510. The number of hydrogen-bond donors (Lipinski definition) is 2. The van der Waals surface area contributed by atoms with E-state index < -0.39 is 0 Å². The average molecular weight is 291 g/mol. The van der Waals surface area contributed by atoms with E-state index in [1.54, 1.807) is 6.07 Å². The van der Waals surface area contributed by atoms with Gasteiger partial charge in [-0.1, -0.05) is 42.6 Å². The summed E-state index contributed by atoms with van der Waals surface area (Å²) in [4.78, 5) is 0. The summed E-state index contributed by atoms with van der Waals surface area (Å²) in [6, 6.07) is 5.75. The molecule has 94 valence electrons. The molecule has 0 fully saturated rings. The first-order chi connectivity index (χ1) is 8.04. The third-order valence-corrected chi connectivity index (χ3v) is 3.34. The first-order valence-corrected chi connectivity index (χ1v) is 6.72. The average Bonchev–Trinajstić information content (AvgIpc) is 2.25. The summed E-state index contributed by atoms with van der Waals surface area (Å²) in [5, 5.41) is 7.81. The lowest BCUT2D eigenvalue weighted by Crippen LogP contribution is -2.35. The molecule has 0 aromatic heterocycles. The van der Waals surface area contributed by atoms with Gasteiger partial charge in [-0.15, -0.1) is 0 Å². The van der Waals surface area contributed by atoms with Gasteiger partial charge in [0, 0.05) is 6.04 Å². The van der Waals surface area contributed by atoms with E-state index in [2.05, 4.69) is 24.5 Å². The predicted octanol–water partition coefficient (Wildman–Crippen LogP) is 4.47. The van der Waals surface area contributed by atoms with E-state index in [1.807, 2.05) is 12.1 Å². The van der Waals surface area contributed by atoms with Crippen LogP contribution in [0.5, 0.6) is 0 Å². The van der Waals surface area contributed by atoms with E-state index >= 15 is 0 Å². The normalized spacial score (nSPS) is 12.0. The van der Waals surface area contributed by atoms with Crippen LogP contribution in [0.2, 0.25) is 10.0 Å². The molecule has 2 nitrogen and oxygen atoms in total. The first-order valence-electron chi connectivity index (χ1n) is 5.56. The van der Waals surface area contributed by atoms with E-state index in [0.29, 0.717) is 21.2 Å². The Balaban J connectivity index is 2.59. The molecular formula is C12H16Cl2N2S. The second kappa shape index (κ2) is 7.04. The first kappa shape index (κ1) is 14.6. The van der Waals surface area contributed by atoms with Gasteiger partial charge in [-0.25, -0.2) is 0 Å². The molecule has 0 saturated heterocycles. The molecule has 0 aliphatic carbocycles. The van der Waals surface area contributed by atoms with Crippen LogP contribution < -0.4 is 10.6 Å². The highest BCUT2D eigenvalue weighted by atomic mass is 35.5. The summed E-state index contributed by atoms with van der Waals surface area (Å²) in [5.41, 5.74) is 0.723. The number of nitrogens with one attached hydrogen (secondary N) is 2. The van der Waals surface area contributed by atoms with Crippen molar-refractivity contribution in [3.63, 3.8) is 0 Å². The number of halogens is 2. The zero-order chi connectivity index (χ0) is 12.8. The largest absolute Gasteiger partial charge is 0.360 e. The number of rotatable bonds is 4. The number of anilines is 1. The van der Waals surface area contributed by atoms with Crippen molar-refractivity contribution < 1.29 is 0 Å². The van der Waals surface area contributed by atoms with E-state index in [9.17, 15) is 0 Å². The van der Waals surface area contributed by atoms with Gasteiger partial charge in [-0.05, 0) is 37.7 Å². The number of benzene rings is 1. The topological polar surface area (TPSA) is 24.1 Å². The summed E-state index contributed by atoms with van der Waals surface area (Å²) < 4.78 is 0. The second-order valence-corrected chi connectivity index (χ2v) is 5.08. The minimum atomic E-state index is 0.345. The van der Waals surface area contributed by atoms with E-state index in [0.717, 1.165) is 18.5 Å². The molecule has 0 amide bonds. The van der Waals surface area contributed by atoms with Crippen molar-refractivity contribution in [2.75, 3.05) is 5.32 Å². The molecule has 0 saturated carbocycles. The summed E-state index contributed by atoms with van der Waals surface area (Å²) >= 11 is 17.2. The van der Waals surface area contributed by atoms with Crippen LogP contribution in [0.3, 0.4) is 0 Å². The highest BCUT2D eigenvalue weighted by Crippen LogP contribution is 2.29. The van der Waals surface area contributed by atoms with Gasteiger partial charge in [0.05, 0.1) is 15.7 Å². The maximum Gasteiger partial charge on any atom is 0.171 e. The summed E-state index contributed by atoms with van der Waals surface area (Å²) in [6.45, 7) is 4.24. The van der Waals surface area contributed by atoms with E-state index in [-0.39, 0.29) is 0 Å². The maximum atomic E-state index is 6.05. The molecular weight excluding hydrogens is 275 g/mol. The van der Waals surface area contributed by atoms with E-state index in [4.69, 9.17) is 35.4 Å². The molecule has 1 aromatic carbocycles. The van der Waals surface area contributed by atoms with Crippen LogP contribution in [-0.4, -0.2) is 11.2 Å². The van der Waals surface area contributed by atoms with Gasteiger partial charge in [0.2, 0.25) is 0 Å². The standard InChI is InChI=1S/C12H16Cl2N2S/c1-3-5-8(2)15-12(17)16-10-7-4-6-9(13)11(10)14/h4,6-8H,3,5H2,1-2H3,(H2,15,16,17). The summed E-state index contributed by atoms with van der Waals surface area (Å²) in [5.74, 6) is 0. The van der Waals surface area contributed by atoms with Crippen LogP contribution in [0.4, 0.5) is 5.69 Å². The lowest BCUT2D eigenvalue weighted by atomic mass is 10.2. The number of thiocarbonyl (C=S) groups is 1. The van der Waals surface area contributed by atoms with Crippen molar-refractivity contribution in [2.24, 2.45) is 0 Å². The predicted molar refractivity (Wildman–Crippen MR) is 80.2 cm³/mol. The highest BCUT2D eigenvalue weighted by molar-refractivity contribution is 7.80. The monoisotopic (exact) mass is 290 g/mol. The van der Waals surface area contributed by atoms with Gasteiger partial charge in [0.25, 0.3) is 0 Å². The Morgan fingerprint density at radius 2 is 2.12 bits per heavy atom. The fourth-order valence-corrected chi connectivity index (χ4v) is 2.15. The lowest BCUT2D eigenvalue weighted by molar-refractivity contribution is 0.599. The van der Waals surface area contributed by atoms with Crippen LogP contribution in [0.25, 0.3) is 0 Å². The molecule has 0 aliphatic heterocycles. The smallest absolute Gasteiger partial charge is 0.171 e. The summed E-state index contributed by atoms with van der Waals surface area (Å²) in [6.07, 6.45) is 2.19. The van der Waals surface area contributed by atoms with Crippen molar-refractivity contribution >= 4 is 46.2 Å². The van der Waals surface area contributed by atoms with E-state index in [1.165, 1.54) is 0 Å². The fourth-order valence-electron chi connectivity index (χ4n) is 1.49. The van der Waals surface area contributed by atoms with Crippen LogP contribution in [0, 0.1) is 0 Å². The molecule has 0 radical (unpaired) electrons. The van der Waals surface area contributed by atoms with Crippen molar-refractivity contribution in [3.05, 3.63) is 28.2 Å². The zero-order valence-electron chi connectivity index (χ0n) is 9.89. The Morgan fingerprint density at radius 1 is 1.41 bits per heavy atom. The molecule has 1 unspecified atom stereocenters. The van der Waals surface area contributed by atoms with Gasteiger partial charge in [0.1, 0.15) is 0 Å². The zero-order valence-corrected chi connectivity index (χ0v) is 12.2. The molecule has 2 N–H and O–H groups in total. The Kier molecular flexibility index (Phi) is 6.03. The molecule has 0 bridgehead atoms. The minimum absolute atomic E-state index is 0.345. The van der Waals surface area contributed by atoms with Crippen molar-refractivity contribution in [1.82, 2.24) is 5.32 Å². The molecule has 1 rings (SSSR count). The highest BCUT2D eigenvalue weighted by Gasteiger charge is 2.07. The molecule has 0 spiro atoms. The van der Waals surface area contributed by atoms with Crippen molar-refractivity contribution in [2.45, 2.75) is 32.7 Å². The third-order valence-electron chi connectivity index (χ3n) is 2.30. The maximum absolute atomic E-state index is 6.05. The molecule has 1 aromatic rings. The molecule has 17 heavy (non-hydrogen) atoms. The van der Waals surface area contributed by atoms with Crippen LogP contribution in [-0.2, 0) is 0 Å². The van der Waals surface area contributed by atoms with Gasteiger partial charge in [0.15, 0.2) is 5.11 Å². The van der Waals surface area contributed by atoms with Crippen molar-refractivity contribution in [3.8, 4) is 0 Å². The Labute approximate surface area is 118 Å². The Bertz CT molecular complexity index is 396. The molecule has 0 aliphatic rings.